The SMILES string of the molecule is CCC(CC(=N)N)Sc1ncc(C)cn1. The van der Waals surface area contributed by atoms with Crippen molar-refractivity contribution in [3.8, 4) is 0 Å². The van der Waals surface area contributed by atoms with E-state index in [1.165, 1.54) is 0 Å². The first-order valence-corrected chi connectivity index (χ1v) is 5.78. The number of hydrogen-bond donors (Lipinski definition) is 2. The number of nitrogens with zero attached hydrogens (tertiary/aromatic N) is 2. The van der Waals surface area contributed by atoms with Crippen LogP contribution < -0.4 is 5.73 Å². The zero-order chi connectivity index (χ0) is 11.3. The Labute approximate surface area is 94.2 Å². The summed E-state index contributed by atoms with van der Waals surface area (Å²) >= 11 is 1.58. The molecule has 0 bridgehead atoms. The third-order valence-corrected chi connectivity index (χ3v) is 3.19. The second-order valence-corrected chi connectivity index (χ2v) is 4.69. The van der Waals surface area contributed by atoms with Gasteiger partial charge in [0.2, 0.25) is 0 Å². The van der Waals surface area contributed by atoms with Crippen LogP contribution in [0.2, 0.25) is 0 Å². The Morgan fingerprint density at radius 1 is 1.53 bits per heavy atom. The van der Waals surface area contributed by atoms with Crippen LogP contribution >= 0.6 is 11.8 Å². The summed E-state index contributed by atoms with van der Waals surface area (Å²) in [6.45, 7) is 4.04. The highest BCUT2D eigenvalue weighted by Gasteiger charge is 2.11. The van der Waals surface area contributed by atoms with Gasteiger partial charge in [-0.15, -0.1) is 0 Å². The molecular weight excluding hydrogens is 208 g/mol. The zero-order valence-corrected chi connectivity index (χ0v) is 9.84. The van der Waals surface area contributed by atoms with Gasteiger partial charge < -0.3 is 5.73 Å². The van der Waals surface area contributed by atoms with E-state index in [4.69, 9.17) is 11.1 Å². The summed E-state index contributed by atoms with van der Waals surface area (Å²) in [5.74, 6) is 0.224. The van der Waals surface area contributed by atoms with Crippen LogP contribution in [0.15, 0.2) is 17.6 Å². The van der Waals surface area contributed by atoms with E-state index in [1.54, 1.807) is 24.2 Å². The lowest BCUT2D eigenvalue weighted by Gasteiger charge is -2.11. The summed E-state index contributed by atoms with van der Waals surface area (Å²) in [7, 11) is 0. The van der Waals surface area contributed by atoms with Crippen LogP contribution in [0.5, 0.6) is 0 Å². The Morgan fingerprint density at radius 3 is 2.60 bits per heavy atom. The molecule has 0 saturated carbocycles. The highest BCUT2D eigenvalue weighted by atomic mass is 32.2. The normalized spacial score (nSPS) is 12.4. The van der Waals surface area contributed by atoms with Crippen molar-refractivity contribution in [3.05, 3.63) is 18.0 Å². The number of amidine groups is 1. The highest BCUT2D eigenvalue weighted by molar-refractivity contribution is 7.99. The lowest BCUT2D eigenvalue weighted by molar-refractivity contribution is 0.836. The summed E-state index contributed by atoms with van der Waals surface area (Å²) in [6, 6.07) is 0. The van der Waals surface area contributed by atoms with Gasteiger partial charge in [-0.05, 0) is 18.9 Å². The van der Waals surface area contributed by atoms with Crippen molar-refractivity contribution in [2.24, 2.45) is 5.73 Å². The molecule has 0 spiro atoms. The van der Waals surface area contributed by atoms with Crippen LogP contribution in [0, 0.1) is 12.3 Å². The molecule has 0 amide bonds. The van der Waals surface area contributed by atoms with Crippen molar-refractivity contribution in [2.75, 3.05) is 0 Å². The van der Waals surface area contributed by atoms with E-state index in [2.05, 4.69) is 16.9 Å². The molecule has 5 heteroatoms. The quantitative estimate of drug-likeness (QED) is 0.347. The Bertz CT molecular complexity index is 323. The number of aryl methyl sites for hydroxylation is 1. The molecule has 0 aromatic carbocycles. The van der Waals surface area contributed by atoms with Gasteiger partial charge in [-0.1, -0.05) is 18.7 Å². The summed E-state index contributed by atoms with van der Waals surface area (Å²) in [6.07, 6.45) is 5.16. The predicted octanol–water partition coefficient (Wildman–Crippen LogP) is 1.98. The smallest absolute Gasteiger partial charge is 0.187 e. The Kier molecular flexibility index (Phi) is 4.55. The standard InChI is InChI=1S/C10H16N4S/c1-3-8(4-9(11)12)15-10-13-5-7(2)6-14-10/h5-6,8H,3-4H2,1-2H3,(H3,11,12). The minimum atomic E-state index is 0.224. The lowest BCUT2D eigenvalue weighted by Crippen LogP contribution is -2.16. The number of nitrogens with two attached hydrogens (primary N) is 1. The van der Waals surface area contributed by atoms with Gasteiger partial charge in [0.1, 0.15) is 0 Å². The van der Waals surface area contributed by atoms with Gasteiger partial charge in [-0.3, -0.25) is 5.41 Å². The van der Waals surface area contributed by atoms with Gasteiger partial charge in [0.25, 0.3) is 0 Å². The van der Waals surface area contributed by atoms with Gasteiger partial charge in [0.15, 0.2) is 5.16 Å². The summed E-state index contributed by atoms with van der Waals surface area (Å²) in [4.78, 5) is 8.43. The Morgan fingerprint density at radius 2 is 2.13 bits per heavy atom. The van der Waals surface area contributed by atoms with Crippen molar-refractivity contribution in [1.82, 2.24) is 9.97 Å². The fraction of sp³-hybridized carbons (Fsp3) is 0.500. The fourth-order valence-electron chi connectivity index (χ4n) is 1.11. The number of hydrogen-bond acceptors (Lipinski definition) is 4. The molecule has 15 heavy (non-hydrogen) atoms. The number of aromatic nitrogens is 2. The Balaban J connectivity index is 2.58. The topological polar surface area (TPSA) is 75.7 Å². The van der Waals surface area contributed by atoms with Crippen LogP contribution in [-0.4, -0.2) is 21.1 Å². The molecule has 0 aliphatic rings. The second kappa shape index (κ2) is 5.70. The van der Waals surface area contributed by atoms with E-state index in [1.807, 2.05) is 6.92 Å². The molecule has 1 heterocycles. The van der Waals surface area contributed by atoms with E-state index in [9.17, 15) is 0 Å². The first-order chi connectivity index (χ1) is 7.11. The van der Waals surface area contributed by atoms with Gasteiger partial charge in [-0.2, -0.15) is 0 Å². The minimum Gasteiger partial charge on any atom is -0.388 e. The minimum absolute atomic E-state index is 0.224. The van der Waals surface area contributed by atoms with Gasteiger partial charge in [-0.25, -0.2) is 9.97 Å². The van der Waals surface area contributed by atoms with Crippen LogP contribution in [0.25, 0.3) is 0 Å². The first-order valence-electron chi connectivity index (χ1n) is 4.90. The molecule has 0 saturated heterocycles. The number of thioether (sulfide) groups is 1. The van der Waals surface area contributed by atoms with E-state index < -0.39 is 0 Å². The molecule has 4 nitrogen and oxygen atoms in total. The maximum Gasteiger partial charge on any atom is 0.187 e. The average molecular weight is 224 g/mol. The van der Waals surface area contributed by atoms with Crippen LogP contribution in [-0.2, 0) is 0 Å². The van der Waals surface area contributed by atoms with Crippen LogP contribution in [0.1, 0.15) is 25.3 Å². The highest BCUT2D eigenvalue weighted by Crippen LogP contribution is 2.23. The maximum atomic E-state index is 7.25. The van der Waals surface area contributed by atoms with E-state index in [0.717, 1.165) is 17.1 Å². The predicted molar refractivity (Wildman–Crippen MR) is 63.2 cm³/mol. The van der Waals surface area contributed by atoms with E-state index >= 15 is 0 Å². The summed E-state index contributed by atoms with van der Waals surface area (Å²) < 4.78 is 0. The molecule has 3 N–H and O–H groups in total. The molecule has 1 rings (SSSR count). The lowest BCUT2D eigenvalue weighted by atomic mass is 10.2. The van der Waals surface area contributed by atoms with E-state index in [0.29, 0.717) is 11.7 Å². The number of rotatable bonds is 5. The molecule has 82 valence electrons. The van der Waals surface area contributed by atoms with Crippen molar-refractivity contribution >= 4 is 17.6 Å². The second-order valence-electron chi connectivity index (χ2n) is 3.42. The van der Waals surface area contributed by atoms with Gasteiger partial charge >= 0.3 is 0 Å². The van der Waals surface area contributed by atoms with Crippen LogP contribution in [0.4, 0.5) is 0 Å². The Hall–Kier alpha value is -1.10. The monoisotopic (exact) mass is 224 g/mol. The van der Waals surface area contributed by atoms with Gasteiger partial charge in [0.05, 0.1) is 5.84 Å². The van der Waals surface area contributed by atoms with Crippen molar-refractivity contribution in [3.63, 3.8) is 0 Å². The molecule has 0 radical (unpaired) electrons. The third kappa shape index (κ3) is 4.29. The average Bonchev–Trinajstić information content (AvgIpc) is 2.19. The van der Waals surface area contributed by atoms with Gasteiger partial charge in [0, 0.05) is 24.1 Å². The van der Waals surface area contributed by atoms with Crippen LogP contribution in [0.3, 0.4) is 0 Å². The van der Waals surface area contributed by atoms with Crippen molar-refractivity contribution < 1.29 is 0 Å². The molecule has 0 aliphatic heterocycles. The number of nitrogens with one attached hydrogen (secondary N) is 1. The van der Waals surface area contributed by atoms with Crippen molar-refractivity contribution in [2.45, 2.75) is 37.1 Å². The fourth-order valence-corrected chi connectivity index (χ4v) is 2.06. The van der Waals surface area contributed by atoms with E-state index in [-0.39, 0.29) is 5.84 Å². The zero-order valence-electron chi connectivity index (χ0n) is 9.03. The summed E-state index contributed by atoms with van der Waals surface area (Å²) in [5.41, 5.74) is 6.43. The molecule has 0 fully saturated rings. The molecule has 1 atom stereocenters. The first kappa shape index (κ1) is 12.0. The molecule has 1 unspecified atom stereocenters. The maximum absolute atomic E-state index is 7.25. The third-order valence-electron chi connectivity index (χ3n) is 1.93. The molecule has 0 aliphatic carbocycles. The molecule has 1 aromatic rings. The molecular formula is C10H16N4S. The summed E-state index contributed by atoms with van der Waals surface area (Å²) in [5, 5.41) is 8.31. The molecule has 1 aromatic heterocycles. The largest absolute Gasteiger partial charge is 0.388 e. The van der Waals surface area contributed by atoms with Crippen molar-refractivity contribution in [1.29, 1.82) is 5.41 Å².